The van der Waals surface area contributed by atoms with E-state index in [1.54, 1.807) is 11.3 Å². The van der Waals surface area contributed by atoms with E-state index in [9.17, 15) is 0 Å². The van der Waals surface area contributed by atoms with Crippen molar-refractivity contribution in [3.05, 3.63) is 16.1 Å². The van der Waals surface area contributed by atoms with E-state index >= 15 is 0 Å². The number of thiazole rings is 1. The monoisotopic (exact) mass is 272 g/mol. The highest BCUT2D eigenvalue weighted by atomic mass is 32.2. The zero-order valence-electron chi connectivity index (χ0n) is 11.5. The van der Waals surface area contributed by atoms with Gasteiger partial charge in [0.1, 0.15) is 0 Å². The lowest BCUT2D eigenvalue weighted by Crippen LogP contribution is -2.30. The van der Waals surface area contributed by atoms with Gasteiger partial charge in [-0.05, 0) is 12.7 Å². The largest absolute Gasteiger partial charge is 0.308 e. The van der Waals surface area contributed by atoms with Crippen molar-refractivity contribution in [1.82, 2.24) is 10.3 Å². The molecule has 0 aliphatic heterocycles. The van der Waals surface area contributed by atoms with Crippen LogP contribution in [-0.4, -0.2) is 23.0 Å². The molecule has 1 unspecified atom stereocenters. The van der Waals surface area contributed by atoms with Crippen molar-refractivity contribution in [3.63, 3.8) is 0 Å². The third-order valence-corrected chi connectivity index (χ3v) is 4.68. The van der Waals surface area contributed by atoms with Gasteiger partial charge in [0.2, 0.25) is 0 Å². The van der Waals surface area contributed by atoms with E-state index in [4.69, 9.17) is 4.98 Å². The molecule has 4 heteroatoms. The zero-order valence-corrected chi connectivity index (χ0v) is 13.2. The van der Waals surface area contributed by atoms with Crippen LogP contribution < -0.4 is 5.32 Å². The van der Waals surface area contributed by atoms with E-state index in [1.165, 1.54) is 22.9 Å². The fourth-order valence-electron chi connectivity index (χ4n) is 1.50. The van der Waals surface area contributed by atoms with Crippen molar-refractivity contribution >= 4 is 23.1 Å². The van der Waals surface area contributed by atoms with E-state index in [2.05, 4.69) is 44.6 Å². The first kappa shape index (κ1) is 15.0. The minimum atomic E-state index is 0.173. The molecule has 1 aromatic heterocycles. The molecule has 1 N–H and O–H groups in total. The SMILES string of the molecule is CCC(CSC)NCc1csc(C(C)(C)C)n1. The molecule has 0 spiro atoms. The fraction of sp³-hybridized carbons (Fsp3) is 0.769. The molecule has 1 aromatic rings. The summed E-state index contributed by atoms with van der Waals surface area (Å²) in [6.07, 6.45) is 3.34. The minimum Gasteiger partial charge on any atom is -0.308 e. The molecule has 0 aromatic carbocycles. The molecule has 0 radical (unpaired) electrons. The van der Waals surface area contributed by atoms with E-state index in [0.29, 0.717) is 6.04 Å². The number of rotatable bonds is 6. The van der Waals surface area contributed by atoms with Gasteiger partial charge in [-0.2, -0.15) is 11.8 Å². The molecule has 0 saturated heterocycles. The first-order valence-corrected chi connectivity index (χ1v) is 8.42. The third-order valence-electron chi connectivity index (χ3n) is 2.63. The molecule has 0 amide bonds. The molecule has 2 nitrogen and oxygen atoms in total. The van der Waals surface area contributed by atoms with Crippen molar-refractivity contribution in [2.75, 3.05) is 12.0 Å². The molecule has 98 valence electrons. The summed E-state index contributed by atoms with van der Waals surface area (Å²) in [5.41, 5.74) is 1.35. The summed E-state index contributed by atoms with van der Waals surface area (Å²) in [5.74, 6) is 1.17. The van der Waals surface area contributed by atoms with Gasteiger partial charge in [0.25, 0.3) is 0 Å². The Morgan fingerprint density at radius 2 is 2.18 bits per heavy atom. The zero-order chi connectivity index (χ0) is 12.9. The Balaban J connectivity index is 2.49. The first-order valence-electron chi connectivity index (χ1n) is 6.14. The van der Waals surface area contributed by atoms with Crippen LogP contribution in [0.15, 0.2) is 5.38 Å². The average molecular weight is 272 g/mol. The Morgan fingerprint density at radius 3 is 2.65 bits per heavy atom. The molecule has 0 aliphatic carbocycles. The van der Waals surface area contributed by atoms with Crippen LogP contribution in [0, 0.1) is 0 Å². The lowest BCUT2D eigenvalue weighted by molar-refractivity contribution is 0.532. The van der Waals surface area contributed by atoms with Crippen molar-refractivity contribution in [2.24, 2.45) is 0 Å². The summed E-state index contributed by atoms with van der Waals surface area (Å²) in [4.78, 5) is 4.70. The smallest absolute Gasteiger partial charge is 0.0982 e. The van der Waals surface area contributed by atoms with E-state index in [-0.39, 0.29) is 5.41 Å². The Labute approximate surface area is 114 Å². The second kappa shape index (κ2) is 6.76. The first-order chi connectivity index (χ1) is 7.97. The quantitative estimate of drug-likeness (QED) is 0.855. The van der Waals surface area contributed by atoms with Crippen LogP contribution in [0.25, 0.3) is 0 Å². The summed E-state index contributed by atoms with van der Waals surface area (Å²) in [6.45, 7) is 9.77. The highest BCUT2D eigenvalue weighted by Gasteiger charge is 2.18. The van der Waals surface area contributed by atoms with Gasteiger partial charge in [0.15, 0.2) is 0 Å². The number of nitrogens with zero attached hydrogens (tertiary/aromatic N) is 1. The van der Waals surface area contributed by atoms with Crippen LogP contribution in [-0.2, 0) is 12.0 Å². The van der Waals surface area contributed by atoms with Crippen molar-refractivity contribution in [1.29, 1.82) is 0 Å². The predicted molar refractivity (Wildman–Crippen MR) is 80.1 cm³/mol. The number of hydrogen-bond acceptors (Lipinski definition) is 4. The van der Waals surface area contributed by atoms with E-state index in [1.807, 2.05) is 11.8 Å². The Kier molecular flexibility index (Phi) is 5.97. The molecule has 0 saturated carbocycles. The van der Waals surface area contributed by atoms with Gasteiger partial charge in [-0.3, -0.25) is 0 Å². The van der Waals surface area contributed by atoms with Crippen molar-refractivity contribution in [3.8, 4) is 0 Å². The highest BCUT2D eigenvalue weighted by Crippen LogP contribution is 2.25. The van der Waals surface area contributed by atoms with Crippen LogP contribution in [0.1, 0.15) is 44.8 Å². The minimum absolute atomic E-state index is 0.173. The number of nitrogens with one attached hydrogen (secondary N) is 1. The Hall–Kier alpha value is -0.0600. The second-order valence-electron chi connectivity index (χ2n) is 5.34. The highest BCUT2D eigenvalue weighted by molar-refractivity contribution is 7.98. The normalized spacial score (nSPS) is 13.9. The summed E-state index contributed by atoms with van der Waals surface area (Å²) < 4.78 is 0. The average Bonchev–Trinajstić information content (AvgIpc) is 2.72. The van der Waals surface area contributed by atoms with Gasteiger partial charge in [-0.1, -0.05) is 27.7 Å². The summed E-state index contributed by atoms with van der Waals surface area (Å²) in [7, 11) is 0. The topological polar surface area (TPSA) is 24.9 Å². The molecule has 0 fully saturated rings. The van der Waals surface area contributed by atoms with Crippen LogP contribution in [0.5, 0.6) is 0 Å². The number of thioether (sulfide) groups is 1. The summed E-state index contributed by atoms with van der Waals surface area (Å²) >= 11 is 3.67. The van der Waals surface area contributed by atoms with Gasteiger partial charge < -0.3 is 5.32 Å². The van der Waals surface area contributed by atoms with Crippen molar-refractivity contribution in [2.45, 2.75) is 52.1 Å². The molecular formula is C13H24N2S2. The Bertz CT molecular complexity index is 328. The molecule has 1 heterocycles. The van der Waals surface area contributed by atoms with Crippen molar-refractivity contribution < 1.29 is 0 Å². The number of hydrogen-bond donors (Lipinski definition) is 1. The van der Waals surface area contributed by atoms with Crippen LogP contribution in [0.2, 0.25) is 0 Å². The molecule has 0 aliphatic rings. The fourth-order valence-corrected chi connectivity index (χ4v) is 3.17. The lowest BCUT2D eigenvalue weighted by Gasteiger charge is -2.15. The van der Waals surface area contributed by atoms with E-state index in [0.717, 1.165) is 6.54 Å². The maximum absolute atomic E-state index is 4.70. The lowest BCUT2D eigenvalue weighted by atomic mass is 9.98. The van der Waals surface area contributed by atoms with Gasteiger partial charge in [-0.25, -0.2) is 4.98 Å². The maximum atomic E-state index is 4.70. The van der Waals surface area contributed by atoms with Crippen LogP contribution in [0.3, 0.4) is 0 Å². The Morgan fingerprint density at radius 1 is 1.47 bits per heavy atom. The predicted octanol–water partition coefficient (Wildman–Crippen LogP) is 3.67. The van der Waals surface area contributed by atoms with Gasteiger partial charge >= 0.3 is 0 Å². The molecular weight excluding hydrogens is 248 g/mol. The van der Waals surface area contributed by atoms with Gasteiger partial charge in [0, 0.05) is 29.1 Å². The molecule has 0 bridgehead atoms. The molecule has 1 rings (SSSR count). The third kappa shape index (κ3) is 4.98. The van der Waals surface area contributed by atoms with Gasteiger partial charge in [-0.15, -0.1) is 11.3 Å². The summed E-state index contributed by atoms with van der Waals surface area (Å²) in [5, 5.41) is 6.98. The molecule has 17 heavy (non-hydrogen) atoms. The molecule has 1 atom stereocenters. The van der Waals surface area contributed by atoms with E-state index < -0.39 is 0 Å². The number of aromatic nitrogens is 1. The van der Waals surface area contributed by atoms with Gasteiger partial charge in [0.05, 0.1) is 10.7 Å². The second-order valence-corrected chi connectivity index (χ2v) is 7.10. The standard InChI is InChI=1S/C13H24N2S2/c1-6-10(8-16-5)14-7-11-9-17-12(15-11)13(2,3)4/h9-10,14H,6-8H2,1-5H3. The van der Waals surface area contributed by atoms with Crippen LogP contribution in [0.4, 0.5) is 0 Å². The summed E-state index contributed by atoms with van der Waals surface area (Å²) in [6, 6.07) is 0.602. The maximum Gasteiger partial charge on any atom is 0.0982 e. The van der Waals surface area contributed by atoms with Crippen LogP contribution >= 0.6 is 23.1 Å².